The molecule has 2 heteroatoms. The van der Waals surface area contributed by atoms with Crippen molar-refractivity contribution >= 4 is 0 Å². The summed E-state index contributed by atoms with van der Waals surface area (Å²) in [5, 5.41) is 21.2. The minimum Gasteiger partial charge on any atom is -0.392 e. The molecule has 0 aromatic rings. The second-order valence-corrected chi connectivity index (χ2v) is 7.91. The van der Waals surface area contributed by atoms with Gasteiger partial charge in [0.2, 0.25) is 0 Å². The molecule has 112 valence electrons. The van der Waals surface area contributed by atoms with E-state index in [9.17, 15) is 10.2 Å². The van der Waals surface area contributed by atoms with Crippen molar-refractivity contribution in [3.63, 3.8) is 0 Å². The van der Waals surface area contributed by atoms with Crippen molar-refractivity contribution in [2.45, 2.75) is 72.0 Å². The Bertz CT molecular complexity index is 279. The molecule has 0 heterocycles. The van der Waals surface area contributed by atoms with Gasteiger partial charge in [-0.25, -0.2) is 0 Å². The van der Waals surface area contributed by atoms with E-state index >= 15 is 0 Å². The monoisotopic (exact) mass is 268 g/mol. The maximum absolute atomic E-state index is 10.7. The van der Waals surface area contributed by atoms with Gasteiger partial charge in [0.15, 0.2) is 0 Å². The Hall–Kier alpha value is -0.0800. The number of hydrogen-bond donors (Lipinski definition) is 2. The molecule has 2 saturated carbocycles. The zero-order valence-electron chi connectivity index (χ0n) is 13.0. The van der Waals surface area contributed by atoms with Crippen molar-refractivity contribution in [1.82, 2.24) is 0 Å². The predicted octanol–water partition coefficient (Wildman–Crippen LogP) is 3.46. The maximum Gasteiger partial charge on any atom is 0.0624 e. The SMILES string of the molecule is CC(C)C[C@H]1CCC2C[C@H](CC(C)C)C(O)C2C1O. The van der Waals surface area contributed by atoms with Gasteiger partial charge in [0.05, 0.1) is 12.2 Å². The Morgan fingerprint density at radius 3 is 1.95 bits per heavy atom. The van der Waals surface area contributed by atoms with Crippen LogP contribution in [0.15, 0.2) is 0 Å². The second-order valence-electron chi connectivity index (χ2n) is 7.91. The van der Waals surface area contributed by atoms with Gasteiger partial charge >= 0.3 is 0 Å². The van der Waals surface area contributed by atoms with E-state index in [1.165, 1.54) is 6.42 Å². The standard InChI is InChI=1S/C17H32O2/c1-10(2)7-13-6-5-12-9-14(8-11(3)4)17(19)15(12)16(13)18/h10-19H,5-9H2,1-4H3/t12?,13-,14+,15?,16?,17?/m1/s1. The van der Waals surface area contributed by atoms with Crippen LogP contribution in [-0.2, 0) is 0 Å². The Morgan fingerprint density at radius 2 is 1.37 bits per heavy atom. The number of aliphatic hydroxyl groups excluding tert-OH is 2. The summed E-state index contributed by atoms with van der Waals surface area (Å²) in [6, 6.07) is 0. The van der Waals surface area contributed by atoms with E-state index in [1.54, 1.807) is 0 Å². The predicted molar refractivity (Wildman–Crippen MR) is 78.7 cm³/mol. The van der Waals surface area contributed by atoms with E-state index in [0.717, 1.165) is 25.7 Å². The summed E-state index contributed by atoms with van der Waals surface area (Å²) in [5.74, 6) is 2.83. The lowest BCUT2D eigenvalue weighted by atomic mass is 9.70. The summed E-state index contributed by atoms with van der Waals surface area (Å²) in [5.41, 5.74) is 0. The third-order valence-electron chi connectivity index (χ3n) is 5.36. The normalized spacial score (nSPS) is 42.9. The fourth-order valence-corrected chi connectivity index (χ4v) is 4.69. The summed E-state index contributed by atoms with van der Waals surface area (Å²) in [6.45, 7) is 8.91. The van der Waals surface area contributed by atoms with Crippen molar-refractivity contribution in [3.05, 3.63) is 0 Å². The molecular formula is C17H32O2. The molecule has 0 saturated heterocycles. The molecule has 2 fully saturated rings. The molecule has 2 nitrogen and oxygen atoms in total. The highest BCUT2D eigenvalue weighted by atomic mass is 16.3. The number of fused-ring (bicyclic) bond motifs is 1. The largest absolute Gasteiger partial charge is 0.392 e. The third-order valence-corrected chi connectivity index (χ3v) is 5.36. The Kier molecular flexibility index (Phi) is 4.94. The van der Waals surface area contributed by atoms with E-state index < -0.39 is 0 Å². The average Bonchev–Trinajstić information content (AvgIpc) is 2.59. The van der Waals surface area contributed by atoms with Crippen molar-refractivity contribution in [2.24, 2.45) is 35.5 Å². The first kappa shape index (κ1) is 15.3. The molecule has 0 aromatic heterocycles. The molecule has 0 spiro atoms. The fraction of sp³-hybridized carbons (Fsp3) is 1.00. The quantitative estimate of drug-likeness (QED) is 0.819. The van der Waals surface area contributed by atoms with Crippen LogP contribution in [0, 0.1) is 35.5 Å². The van der Waals surface area contributed by atoms with Crippen molar-refractivity contribution < 1.29 is 10.2 Å². The van der Waals surface area contributed by atoms with E-state index in [-0.39, 0.29) is 18.1 Å². The minimum atomic E-state index is -0.270. The molecule has 2 N–H and O–H groups in total. The average molecular weight is 268 g/mol. The van der Waals surface area contributed by atoms with Gasteiger partial charge in [-0.2, -0.15) is 0 Å². The lowest BCUT2D eigenvalue weighted by Gasteiger charge is -2.39. The van der Waals surface area contributed by atoms with Crippen LogP contribution in [0.2, 0.25) is 0 Å². The molecule has 0 bridgehead atoms. The molecule has 6 atom stereocenters. The van der Waals surface area contributed by atoms with E-state index in [4.69, 9.17) is 0 Å². The smallest absolute Gasteiger partial charge is 0.0624 e. The summed E-state index contributed by atoms with van der Waals surface area (Å²) in [6.07, 6.45) is 5.18. The Labute approximate surface area is 118 Å². The maximum atomic E-state index is 10.7. The number of aliphatic hydroxyl groups is 2. The van der Waals surface area contributed by atoms with Crippen LogP contribution in [0.25, 0.3) is 0 Å². The highest BCUT2D eigenvalue weighted by Crippen LogP contribution is 2.49. The van der Waals surface area contributed by atoms with Gasteiger partial charge in [-0.15, -0.1) is 0 Å². The molecule has 0 radical (unpaired) electrons. The first-order valence-corrected chi connectivity index (χ1v) is 8.26. The lowest BCUT2D eigenvalue weighted by Crippen LogP contribution is -2.42. The summed E-state index contributed by atoms with van der Waals surface area (Å²) < 4.78 is 0. The van der Waals surface area contributed by atoms with Crippen LogP contribution in [0.1, 0.15) is 59.8 Å². The third kappa shape index (κ3) is 3.33. The summed E-state index contributed by atoms with van der Waals surface area (Å²) in [7, 11) is 0. The van der Waals surface area contributed by atoms with Gasteiger partial charge in [0.1, 0.15) is 0 Å². The summed E-state index contributed by atoms with van der Waals surface area (Å²) >= 11 is 0. The van der Waals surface area contributed by atoms with Gasteiger partial charge in [0, 0.05) is 5.92 Å². The first-order chi connectivity index (χ1) is 8.90. The number of rotatable bonds is 4. The summed E-state index contributed by atoms with van der Waals surface area (Å²) in [4.78, 5) is 0. The number of hydrogen-bond acceptors (Lipinski definition) is 2. The van der Waals surface area contributed by atoms with Crippen LogP contribution >= 0.6 is 0 Å². The fourth-order valence-electron chi connectivity index (χ4n) is 4.69. The molecule has 2 aliphatic rings. The lowest BCUT2D eigenvalue weighted by molar-refractivity contribution is -0.0591. The zero-order chi connectivity index (χ0) is 14.2. The van der Waals surface area contributed by atoms with Crippen molar-refractivity contribution in [3.8, 4) is 0 Å². The van der Waals surface area contributed by atoms with Crippen LogP contribution in [0.5, 0.6) is 0 Å². The van der Waals surface area contributed by atoms with Crippen LogP contribution in [-0.4, -0.2) is 22.4 Å². The zero-order valence-corrected chi connectivity index (χ0v) is 13.0. The van der Waals surface area contributed by atoms with Gasteiger partial charge in [-0.1, -0.05) is 27.7 Å². The van der Waals surface area contributed by atoms with E-state index in [1.807, 2.05) is 0 Å². The Morgan fingerprint density at radius 1 is 0.842 bits per heavy atom. The molecular weight excluding hydrogens is 236 g/mol. The molecule has 0 aromatic carbocycles. The van der Waals surface area contributed by atoms with Gasteiger partial charge in [-0.3, -0.25) is 0 Å². The molecule has 0 amide bonds. The highest BCUT2D eigenvalue weighted by molar-refractivity contribution is 4.99. The van der Waals surface area contributed by atoms with Crippen LogP contribution in [0.3, 0.4) is 0 Å². The van der Waals surface area contributed by atoms with Gasteiger partial charge < -0.3 is 10.2 Å². The van der Waals surface area contributed by atoms with Crippen LogP contribution < -0.4 is 0 Å². The van der Waals surface area contributed by atoms with Gasteiger partial charge in [-0.05, 0) is 61.7 Å². The molecule has 4 unspecified atom stereocenters. The van der Waals surface area contributed by atoms with Crippen molar-refractivity contribution in [1.29, 1.82) is 0 Å². The highest BCUT2D eigenvalue weighted by Gasteiger charge is 2.49. The van der Waals surface area contributed by atoms with E-state index in [2.05, 4.69) is 27.7 Å². The second kappa shape index (κ2) is 6.13. The van der Waals surface area contributed by atoms with Crippen molar-refractivity contribution in [2.75, 3.05) is 0 Å². The molecule has 2 aliphatic carbocycles. The molecule has 2 rings (SSSR count). The first-order valence-electron chi connectivity index (χ1n) is 8.26. The van der Waals surface area contributed by atoms with E-state index in [0.29, 0.717) is 29.6 Å². The topological polar surface area (TPSA) is 40.5 Å². The molecule has 19 heavy (non-hydrogen) atoms. The van der Waals surface area contributed by atoms with Gasteiger partial charge in [0.25, 0.3) is 0 Å². The van der Waals surface area contributed by atoms with Crippen LogP contribution in [0.4, 0.5) is 0 Å². The Balaban J connectivity index is 2.02. The minimum absolute atomic E-state index is 0.154. The molecule has 0 aliphatic heterocycles.